The number of rotatable bonds is 4. The summed E-state index contributed by atoms with van der Waals surface area (Å²) in [7, 11) is 0. The first-order valence-electron chi connectivity index (χ1n) is 6.15. The van der Waals surface area contributed by atoms with Crippen molar-refractivity contribution in [2.45, 2.75) is 12.8 Å². The number of hydrogen-bond donors (Lipinski definition) is 2. The Bertz CT molecular complexity index is 622. The first-order valence-corrected chi connectivity index (χ1v) is 7.91. The van der Waals surface area contributed by atoms with Crippen LogP contribution in [0.1, 0.15) is 33.1 Å². The maximum Gasteiger partial charge on any atom is 0.252 e. The number of amides is 1. The number of thiophene rings is 1. The zero-order valence-corrected chi connectivity index (χ0v) is 12.7. The molecule has 2 rings (SSSR count). The highest BCUT2D eigenvalue weighted by Gasteiger charge is 2.12. The van der Waals surface area contributed by atoms with Gasteiger partial charge in [-0.05, 0) is 6.07 Å². The highest BCUT2D eigenvalue weighted by Crippen LogP contribution is 2.17. The minimum Gasteiger partial charge on any atom is -0.351 e. The van der Waals surface area contributed by atoms with E-state index in [2.05, 4.69) is 22.1 Å². The van der Waals surface area contributed by atoms with Crippen LogP contribution in [0.3, 0.4) is 0 Å². The molecule has 3 N–H and O–H groups in total. The Morgan fingerprint density at radius 1 is 1.55 bits per heavy atom. The van der Waals surface area contributed by atoms with Crippen molar-refractivity contribution in [3.05, 3.63) is 38.5 Å². The number of thiazole rings is 1. The van der Waals surface area contributed by atoms with Crippen molar-refractivity contribution in [3.63, 3.8) is 0 Å². The Balaban J connectivity index is 1.90. The molecular weight excluding hydrogens is 290 g/mol. The van der Waals surface area contributed by atoms with Crippen molar-refractivity contribution >= 4 is 28.6 Å². The molecule has 104 valence electrons. The summed E-state index contributed by atoms with van der Waals surface area (Å²) in [6, 6.07) is 1.79. The molecule has 1 unspecified atom stereocenters. The number of aromatic nitrogens is 1. The molecular formula is C14H15N3OS2. The van der Waals surface area contributed by atoms with Crippen LogP contribution in [0.4, 0.5) is 0 Å². The lowest BCUT2D eigenvalue weighted by Crippen LogP contribution is -2.27. The molecule has 4 nitrogen and oxygen atoms in total. The Kier molecular flexibility index (Phi) is 5.30. The largest absolute Gasteiger partial charge is 0.351 e. The highest BCUT2D eigenvalue weighted by atomic mass is 32.1. The maximum atomic E-state index is 12.0. The van der Waals surface area contributed by atoms with Crippen LogP contribution in [-0.2, 0) is 0 Å². The summed E-state index contributed by atoms with van der Waals surface area (Å²) in [5.41, 5.74) is 5.96. The predicted molar refractivity (Wildman–Crippen MR) is 83.1 cm³/mol. The average molecular weight is 305 g/mol. The zero-order valence-electron chi connectivity index (χ0n) is 11.1. The molecule has 0 aliphatic carbocycles. The van der Waals surface area contributed by atoms with E-state index >= 15 is 0 Å². The van der Waals surface area contributed by atoms with Crippen molar-refractivity contribution in [3.8, 4) is 11.8 Å². The smallest absolute Gasteiger partial charge is 0.252 e. The number of nitrogens with zero attached hydrogens (tertiary/aromatic N) is 1. The summed E-state index contributed by atoms with van der Waals surface area (Å²) in [6.07, 6.45) is 1.78. The van der Waals surface area contributed by atoms with Gasteiger partial charge in [-0.1, -0.05) is 18.8 Å². The van der Waals surface area contributed by atoms with Gasteiger partial charge >= 0.3 is 0 Å². The summed E-state index contributed by atoms with van der Waals surface area (Å²) in [4.78, 5) is 17.1. The lowest BCUT2D eigenvalue weighted by molar-refractivity contribution is 0.0952. The maximum absolute atomic E-state index is 12.0. The predicted octanol–water partition coefficient (Wildman–Crippen LogP) is 2.05. The van der Waals surface area contributed by atoms with Crippen LogP contribution in [0.25, 0.3) is 0 Å². The van der Waals surface area contributed by atoms with E-state index in [1.54, 1.807) is 23.6 Å². The van der Waals surface area contributed by atoms with Gasteiger partial charge in [0.05, 0.1) is 22.0 Å². The Morgan fingerprint density at radius 3 is 3.10 bits per heavy atom. The van der Waals surface area contributed by atoms with Crippen LogP contribution in [0, 0.1) is 11.8 Å². The molecule has 20 heavy (non-hydrogen) atoms. The van der Waals surface area contributed by atoms with Gasteiger partial charge in [0.1, 0.15) is 0 Å². The molecule has 6 heteroatoms. The Labute approximate surface area is 126 Å². The van der Waals surface area contributed by atoms with Crippen molar-refractivity contribution < 1.29 is 4.79 Å². The monoisotopic (exact) mass is 305 g/mol. The fourth-order valence-electron chi connectivity index (χ4n) is 1.57. The lowest BCUT2D eigenvalue weighted by atomic mass is 10.2. The molecule has 1 amide bonds. The molecule has 2 heterocycles. The lowest BCUT2D eigenvalue weighted by Gasteiger charge is -2.09. The molecule has 1 atom stereocenters. The number of nitrogens with one attached hydrogen (secondary N) is 1. The molecule has 0 aromatic carbocycles. The molecule has 0 bridgehead atoms. The molecule has 2 aromatic heterocycles. The van der Waals surface area contributed by atoms with Crippen molar-refractivity contribution in [1.29, 1.82) is 0 Å². The van der Waals surface area contributed by atoms with Gasteiger partial charge in [0, 0.05) is 29.4 Å². The zero-order chi connectivity index (χ0) is 14.4. The number of hydrogen-bond acceptors (Lipinski definition) is 5. The molecule has 0 radical (unpaired) electrons. The van der Waals surface area contributed by atoms with Crippen LogP contribution in [0.5, 0.6) is 0 Å². The summed E-state index contributed by atoms with van der Waals surface area (Å²) in [6.45, 7) is 2.95. The third kappa shape index (κ3) is 3.90. The molecule has 0 saturated heterocycles. The van der Waals surface area contributed by atoms with Crippen molar-refractivity contribution in [1.82, 2.24) is 10.3 Å². The standard InChI is InChI=1S/C14H15N3OS2/c1-10(14-16-5-6-19-14)8-17-13(18)11-7-12(20-9-11)3-2-4-15/h5-7,9-10H,4,8,15H2,1H3,(H,17,18). The van der Waals surface area contributed by atoms with E-state index in [0.717, 1.165) is 9.88 Å². The highest BCUT2D eigenvalue weighted by molar-refractivity contribution is 7.10. The van der Waals surface area contributed by atoms with Gasteiger partial charge in [0.15, 0.2) is 0 Å². The van der Waals surface area contributed by atoms with E-state index in [9.17, 15) is 4.79 Å². The number of carbonyl (C=O) groups excluding carboxylic acids is 1. The van der Waals surface area contributed by atoms with Crippen LogP contribution < -0.4 is 11.1 Å². The molecule has 0 aliphatic rings. The second kappa shape index (κ2) is 7.20. The second-order valence-electron chi connectivity index (χ2n) is 4.19. The minimum absolute atomic E-state index is 0.0783. The van der Waals surface area contributed by atoms with E-state index in [-0.39, 0.29) is 11.8 Å². The molecule has 0 aliphatic heterocycles. The van der Waals surface area contributed by atoms with Gasteiger partial charge in [-0.25, -0.2) is 4.98 Å². The first kappa shape index (κ1) is 14.7. The fourth-order valence-corrected chi connectivity index (χ4v) is 3.03. The molecule has 0 spiro atoms. The summed E-state index contributed by atoms with van der Waals surface area (Å²) < 4.78 is 0. The van der Waals surface area contributed by atoms with E-state index in [0.29, 0.717) is 18.7 Å². The van der Waals surface area contributed by atoms with E-state index in [1.165, 1.54) is 11.3 Å². The molecule has 2 aromatic rings. The van der Waals surface area contributed by atoms with Crippen LogP contribution >= 0.6 is 22.7 Å². The van der Waals surface area contributed by atoms with Crippen molar-refractivity contribution in [2.75, 3.05) is 13.1 Å². The second-order valence-corrected chi connectivity index (χ2v) is 6.02. The Hall–Kier alpha value is -1.68. The van der Waals surface area contributed by atoms with Gasteiger partial charge in [-0.15, -0.1) is 22.7 Å². The van der Waals surface area contributed by atoms with E-state index in [4.69, 9.17) is 5.73 Å². The quantitative estimate of drug-likeness (QED) is 0.850. The molecule has 0 fully saturated rings. The van der Waals surface area contributed by atoms with Crippen LogP contribution in [0.15, 0.2) is 23.0 Å². The number of carbonyl (C=O) groups is 1. The fraction of sp³-hybridized carbons (Fsp3) is 0.286. The van der Waals surface area contributed by atoms with Gasteiger partial charge in [0.2, 0.25) is 0 Å². The Morgan fingerprint density at radius 2 is 2.40 bits per heavy atom. The van der Waals surface area contributed by atoms with Gasteiger partial charge < -0.3 is 11.1 Å². The van der Waals surface area contributed by atoms with E-state index in [1.807, 2.05) is 17.7 Å². The third-order valence-electron chi connectivity index (χ3n) is 2.62. The van der Waals surface area contributed by atoms with Gasteiger partial charge in [0.25, 0.3) is 5.91 Å². The summed E-state index contributed by atoms with van der Waals surface area (Å²) >= 11 is 3.05. The van der Waals surface area contributed by atoms with E-state index < -0.39 is 0 Å². The van der Waals surface area contributed by atoms with Crippen LogP contribution in [-0.4, -0.2) is 24.0 Å². The minimum atomic E-state index is -0.0783. The van der Waals surface area contributed by atoms with Crippen molar-refractivity contribution in [2.24, 2.45) is 5.73 Å². The first-order chi connectivity index (χ1) is 9.70. The van der Waals surface area contributed by atoms with Gasteiger partial charge in [-0.2, -0.15) is 0 Å². The normalized spacial score (nSPS) is 11.5. The average Bonchev–Trinajstić information content (AvgIpc) is 3.12. The summed E-state index contributed by atoms with van der Waals surface area (Å²) in [5.74, 6) is 5.84. The molecule has 0 saturated carbocycles. The SMILES string of the molecule is CC(CNC(=O)c1csc(C#CCN)c1)c1nccs1. The summed E-state index contributed by atoms with van der Waals surface area (Å²) in [5, 5.41) is 7.70. The van der Waals surface area contributed by atoms with Crippen LogP contribution in [0.2, 0.25) is 0 Å². The topological polar surface area (TPSA) is 68.0 Å². The van der Waals surface area contributed by atoms with Gasteiger partial charge in [-0.3, -0.25) is 4.79 Å². The number of nitrogens with two attached hydrogens (primary N) is 1. The third-order valence-corrected chi connectivity index (χ3v) is 4.47.